The maximum atomic E-state index is 11.9. The lowest BCUT2D eigenvalue weighted by Gasteiger charge is -2.21. The van der Waals surface area contributed by atoms with Crippen molar-refractivity contribution < 1.29 is 18.3 Å². The Bertz CT molecular complexity index is 408. The Morgan fingerprint density at radius 2 is 1.83 bits per heavy atom. The van der Waals surface area contributed by atoms with E-state index in [1.165, 1.54) is 6.42 Å². The molecule has 2 N–H and O–H groups in total. The third-order valence-electron chi connectivity index (χ3n) is 4.12. The van der Waals surface area contributed by atoms with Gasteiger partial charge in [0.15, 0.2) is 0 Å². The molecule has 0 aromatic rings. The monoisotopic (exact) mass is 275 g/mol. The molecule has 18 heavy (non-hydrogen) atoms. The van der Waals surface area contributed by atoms with Crippen LogP contribution < -0.4 is 4.72 Å². The molecule has 104 valence electrons. The fourth-order valence-electron chi connectivity index (χ4n) is 2.59. The van der Waals surface area contributed by atoms with Gasteiger partial charge in [-0.1, -0.05) is 19.3 Å². The number of rotatable bonds is 6. The summed E-state index contributed by atoms with van der Waals surface area (Å²) in [4.78, 5) is 11.0. The van der Waals surface area contributed by atoms with Crippen molar-refractivity contribution in [3.05, 3.63) is 0 Å². The largest absolute Gasteiger partial charge is 0.481 e. The number of hydrogen-bond acceptors (Lipinski definition) is 3. The summed E-state index contributed by atoms with van der Waals surface area (Å²) < 4.78 is 26.3. The summed E-state index contributed by atoms with van der Waals surface area (Å²) in [5.74, 6) is -0.484. The minimum Gasteiger partial charge on any atom is -0.481 e. The van der Waals surface area contributed by atoms with Crippen molar-refractivity contribution in [3.8, 4) is 0 Å². The van der Waals surface area contributed by atoms with Crippen molar-refractivity contribution >= 4 is 16.0 Å². The molecule has 0 aliphatic heterocycles. The smallest absolute Gasteiger partial charge is 0.310 e. The lowest BCUT2D eigenvalue weighted by atomic mass is 9.91. The third kappa shape index (κ3) is 3.45. The molecule has 0 aromatic heterocycles. The molecular weight excluding hydrogens is 254 g/mol. The van der Waals surface area contributed by atoms with Gasteiger partial charge in [-0.15, -0.1) is 0 Å². The Morgan fingerprint density at radius 1 is 1.22 bits per heavy atom. The van der Waals surface area contributed by atoms with E-state index >= 15 is 0 Å². The summed E-state index contributed by atoms with van der Waals surface area (Å²) >= 11 is 0. The van der Waals surface area contributed by atoms with Crippen LogP contribution >= 0.6 is 0 Å². The van der Waals surface area contributed by atoms with E-state index < -0.39 is 21.4 Å². The van der Waals surface area contributed by atoms with Gasteiger partial charge in [0, 0.05) is 6.54 Å². The highest BCUT2D eigenvalue weighted by Crippen LogP contribution is 2.45. The van der Waals surface area contributed by atoms with Crippen LogP contribution in [0, 0.1) is 11.3 Å². The molecule has 2 rings (SSSR count). The highest BCUT2D eigenvalue weighted by atomic mass is 32.2. The van der Waals surface area contributed by atoms with Gasteiger partial charge in [0.25, 0.3) is 0 Å². The molecule has 0 saturated heterocycles. The number of aliphatic carboxylic acids is 1. The Labute approximate surface area is 108 Å². The van der Waals surface area contributed by atoms with Gasteiger partial charge in [0.1, 0.15) is 0 Å². The predicted octanol–water partition coefficient (Wildman–Crippen LogP) is 1.35. The number of hydrogen-bond donors (Lipinski definition) is 2. The minimum absolute atomic E-state index is 0.0530. The lowest BCUT2D eigenvalue weighted by Crippen LogP contribution is -2.37. The molecule has 0 spiro atoms. The predicted molar refractivity (Wildman–Crippen MR) is 67.7 cm³/mol. The van der Waals surface area contributed by atoms with Crippen LogP contribution in [0.2, 0.25) is 0 Å². The summed E-state index contributed by atoms with van der Waals surface area (Å²) in [7, 11) is -3.32. The maximum Gasteiger partial charge on any atom is 0.310 e. The molecule has 0 atom stereocenters. The van der Waals surface area contributed by atoms with Crippen LogP contribution in [0.15, 0.2) is 0 Å². The van der Waals surface area contributed by atoms with Crippen LogP contribution in [0.1, 0.15) is 44.9 Å². The summed E-state index contributed by atoms with van der Waals surface area (Å²) in [6.45, 7) is 0.0530. The fraction of sp³-hybridized carbons (Fsp3) is 0.917. The number of nitrogens with one attached hydrogen (secondary N) is 1. The van der Waals surface area contributed by atoms with E-state index in [0.717, 1.165) is 25.7 Å². The van der Waals surface area contributed by atoms with Gasteiger partial charge in [-0.3, -0.25) is 4.79 Å². The van der Waals surface area contributed by atoms with Crippen LogP contribution in [0.4, 0.5) is 0 Å². The minimum atomic E-state index is -3.32. The fourth-order valence-corrected chi connectivity index (χ4v) is 4.16. The van der Waals surface area contributed by atoms with E-state index in [4.69, 9.17) is 5.11 Å². The van der Waals surface area contributed by atoms with Gasteiger partial charge in [-0.05, 0) is 31.6 Å². The summed E-state index contributed by atoms with van der Waals surface area (Å²) in [6.07, 6.45) is 6.53. The van der Waals surface area contributed by atoms with Crippen LogP contribution in [0.25, 0.3) is 0 Å². The van der Waals surface area contributed by atoms with E-state index in [9.17, 15) is 13.2 Å². The van der Waals surface area contributed by atoms with Crippen molar-refractivity contribution in [2.45, 2.75) is 44.9 Å². The number of carboxylic acid groups (broad SMARTS) is 1. The molecule has 2 saturated carbocycles. The van der Waals surface area contributed by atoms with E-state index in [0.29, 0.717) is 12.8 Å². The summed E-state index contributed by atoms with van der Waals surface area (Å²) in [5, 5.41) is 8.99. The normalized spacial score (nSPS) is 23.8. The number of sulfonamides is 1. The summed E-state index contributed by atoms with van der Waals surface area (Å²) in [6, 6.07) is 0. The molecule has 2 fully saturated rings. The molecule has 0 radical (unpaired) electrons. The SMILES string of the molecule is O=C(O)C1(CNS(=O)(=O)CC2CCCCC2)CC1. The molecule has 6 heteroatoms. The van der Waals surface area contributed by atoms with Gasteiger partial charge in [0.05, 0.1) is 11.2 Å². The van der Waals surface area contributed by atoms with Gasteiger partial charge in [-0.2, -0.15) is 0 Å². The second kappa shape index (κ2) is 5.17. The van der Waals surface area contributed by atoms with Gasteiger partial charge in [-0.25, -0.2) is 13.1 Å². The van der Waals surface area contributed by atoms with Gasteiger partial charge in [0.2, 0.25) is 10.0 Å². The first-order valence-corrected chi connectivity index (χ1v) is 8.30. The molecule has 0 unspecified atom stereocenters. The van der Waals surface area contributed by atoms with Crippen LogP contribution in [0.3, 0.4) is 0 Å². The molecule has 2 aliphatic carbocycles. The Hall–Kier alpha value is -0.620. The second-order valence-electron chi connectivity index (χ2n) is 5.69. The van der Waals surface area contributed by atoms with Gasteiger partial charge < -0.3 is 5.11 Å². The topological polar surface area (TPSA) is 83.5 Å². The van der Waals surface area contributed by atoms with Crippen molar-refractivity contribution in [3.63, 3.8) is 0 Å². The zero-order valence-electron chi connectivity index (χ0n) is 10.5. The molecule has 0 heterocycles. The summed E-state index contributed by atoms with van der Waals surface area (Å²) in [5.41, 5.74) is -0.820. The second-order valence-corrected chi connectivity index (χ2v) is 7.54. The van der Waals surface area contributed by atoms with E-state index in [1.807, 2.05) is 0 Å². The molecule has 0 aromatic carbocycles. The average molecular weight is 275 g/mol. The third-order valence-corrected chi connectivity index (χ3v) is 5.61. The Kier molecular flexibility index (Phi) is 3.96. The quantitative estimate of drug-likeness (QED) is 0.766. The first kappa shape index (κ1) is 13.8. The van der Waals surface area contributed by atoms with Crippen LogP contribution in [0.5, 0.6) is 0 Å². The zero-order chi connectivity index (χ0) is 13.2. The highest BCUT2D eigenvalue weighted by molar-refractivity contribution is 7.89. The molecular formula is C12H21NO4S. The average Bonchev–Trinajstić information content (AvgIpc) is 3.08. The Balaban J connectivity index is 1.82. The van der Waals surface area contributed by atoms with Crippen LogP contribution in [-0.2, 0) is 14.8 Å². The molecule has 2 aliphatic rings. The molecule has 0 amide bonds. The number of carboxylic acids is 1. The lowest BCUT2D eigenvalue weighted by molar-refractivity contribution is -0.143. The Morgan fingerprint density at radius 3 is 2.33 bits per heavy atom. The standard InChI is InChI=1S/C12H21NO4S/c14-11(15)12(6-7-12)9-13-18(16,17)8-10-4-2-1-3-5-10/h10,13H,1-9H2,(H,14,15). The van der Waals surface area contributed by atoms with Crippen LogP contribution in [-0.4, -0.2) is 31.8 Å². The van der Waals surface area contributed by atoms with Crippen molar-refractivity contribution in [1.82, 2.24) is 4.72 Å². The van der Waals surface area contributed by atoms with Crippen molar-refractivity contribution in [2.75, 3.05) is 12.3 Å². The van der Waals surface area contributed by atoms with E-state index in [1.54, 1.807) is 0 Å². The van der Waals surface area contributed by atoms with Gasteiger partial charge >= 0.3 is 5.97 Å². The van der Waals surface area contributed by atoms with E-state index in [-0.39, 0.29) is 18.2 Å². The van der Waals surface area contributed by atoms with E-state index in [2.05, 4.69) is 4.72 Å². The maximum absolute atomic E-state index is 11.9. The first-order chi connectivity index (χ1) is 8.44. The first-order valence-electron chi connectivity index (χ1n) is 6.64. The molecule has 0 bridgehead atoms. The number of carbonyl (C=O) groups is 1. The highest BCUT2D eigenvalue weighted by Gasteiger charge is 2.50. The van der Waals surface area contributed by atoms with Crippen molar-refractivity contribution in [1.29, 1.82) is 0 Å². The molecule has 5 nitrogen and oxygen atoms in total. The van der Waals surface area contributed by atoms with Crippen molar-refractivity contribution in [2.24, 2.45) is 11.3 Å². The zero-order valence-corrected chi connectivity index (χ0v) is 11.3.